The van der Waals surface area contributed by atoms with E-state index < -0.39 is 0 Å². The molecule has 5 aromatic rings. The number of nitrogens with one attached hydrogen (secondary N) is 2. The van der Waals surface area contributed by atoms with Gasteiger partial charge in [-0.2, -0.15) is 10.2 Å². The second-order valence-electron chi connectivity index (χ2n) is 7.77. The molecule has 0 saturated carbocycles. The zero-order valence-electron chi connectivity index (χ0n) is 18.8. The fourth-order valence-electron chi connectivity index (χ4n) is 3.98. The molecular formula is C25H24N8. The molecule has 0 bridgehead atoms. The average molecular weight is 437 g/mol. The molecule has 0 aromatic carbocycles. The van der Waals surface area contributed by atoms with Gasteiger partial charge in [0.05, 0.1) is 28.3 Å². The lowest BCUT2D eigenvalue weighted by molar-refractivity contribution is 0.746. The van der Waals surface area contributed by atoms with E-state index >= 15 is 0 Å². The van der Waals surface area contributed by atoms with Crippen LogP contribution in [0.15, 0.2) is 61.5 Å². The van der Waals surface area contributed by atoms with Gasteiger partial charge in [0.1, 0.15) is 5.52 Å². The van der Waals surface area contributed by atoms with Gasteiger partial charge in [-0.15, -0.1) is 0 Å². The number of pyridine rings is 2. The molecule has 5 heterocycles. The van der Waals surface area contributed by atoms with Gasteiger partial charge in [-0.3, -0.25) is 14.8 Å². The number of aromatic amines is 2. The van der Waals surface area contributed by atoms with Crippen molar-refractivity contribution < 1.29 is 0 Å². The third-order valence-corrected chi connectivity index (χ3v) is 5.51. The van der Waals surface area contributed by atoms with Crippen LogP contribution in [0.3, 0.4) is 0 Å². The van der Waals surface area contributed by atoms with Crippen molar-refractivity contribution in [3.8, 4) is 22.8 Å². The van der Waals surface area contributed by atoms with Gasteiger partial charge in [0.25, 0.3) is 0 Å². The first kappa shape index (κ1) is 20.6. The molecule has 2 N–H and O–H groups in total. The number of fused-ring (bicyclic) bond motifs is 1. The first-order valence-corrected chi connectivity index (χ1v) is 10.8. The fourth-order valence-corrected chi connectivity index (χ4v) is 3.98. The normalized spacial score (nSPS) is 11.9. The summed E-state index contributed by atoms with van der Waals surface area (Å²) >= 11 is 0. The van der Waals surface area contributed by atoms with Gasteiger partial charge >= 0.3 is 0 Å². The molecule has 164 valence electrons. The molecule has 0 unspecified atom stereocenters. The number of aromatic nitrogens is 8. The number of imidazole rings is 1. The summed E-state index contributed by atoms with van der Waals surface area (Å²) < 4.78 is 1.82. The largest absolute Gasteiger partial charge is 0.340 e. The standard InChI is InChI=1S/C25H24N8/c1-5-9-16(19-10-7-8-13-26-19)22-15(3)27-25(29-22)24-23-21(30-31-24)12-11-20(28-23)17-14-33(4)32-18(17)6-2/h5,7-14H,1,6H2,2-4H3,(H,27,29)(H,30,31)/b16-9-. The molecule has 0 aliphatic heterocycles. The van der Waals surface area contributed by atoms with Crippen LogP contribution >= 0.6 is 0 Å². The van der Waals surface area contributed by atoms with E-state index in [0.29, 0.717) is 11.5 Å². The van der Waals surface area contributed by atoms with Crippen LogP contribution in [0.5, 0.6) is 0 Å². The monoisotopic (exact) mass is 436 g/mol. The molecule has 0 fully saturated rings. The quantitative estimate of drug-likeness (QED) is 0.378. The Balaban J connectivity index is 1.62. The predicted molar refractivity (Wildman–Crippen MR) is 129 cm³/mol. The van der Waals surface area contributed by atoms with Gasteiger partial charge in [-0.25, -0.2) is 9.97 Å². The maximum absolute atomic E-state index is 4.93. The van der Waals surface area contributed by atoms with Crippen LogP contribution in [0.1, 0.15) is 29.7 Å². The number of allylic oxidation sites excluding steroid dienone is 2. The Bertz CT molecular complexity index is 1480. The van der Waals surface area contributed by atoms with Gasteiger partial charge in [0.2, 0.25) is 0 Å². The molecule has 0 amide bonds. The van der Waals surface area contributed by atoms with Crippen LogP contribution in [0.25, 0.3) is 39.4 Å². The Hall–Kier alpha value is -4.33. The molecule has 33 heavy (non-hydrogen) atoms. The molecular weight excluding hydrogens is 412 g/mol. The lowest BCUT2D eigenvalue weighted by Gasteiger charge is -2.04. The highest BCUT2D eigenvalue weighted by molar-refractivity contribution is 5.90. The van der Waals surface area contributed by atoms with Gasteiger partial charge in [0, 0.05) is 36.3 Å². The third kappa shape index (κ3) is 3.65. The Morgan fingerprint density at radius 2 is 2.06 bits per heavy atom. The average Bonchev–Trinajstić information content (AvgIpc) is 3.53. The van der Waals surface area contributed by atoms with Crippen LogP contribution in [0, 0.1) is 6.92 Å². The maximum atomic E-state index is 4.93. The Labute approximate surface area is 191 Å². The summed E-state index contributed by atoms with van der Waals surface area (Å²) in [7, 11) is 1.92. The number of H-pyrrole nitrogens is 2. The van der Waals surface area contributed by atoms with Crippen molar-refractivity contribution in [2.24, 2.45) is 7.05 Å². The summed E-state index contributed by atoms with van der Waals surface area (Å²) in [5.41, 5.74) is 8.60. The Morgan fingerprint density at radius 1 is 1.18 bits per heavy atom. The fraction of sp³-hybridized carbons (Fsp3) is 0.160. The first-order valence-electron chi connectivity index (χ1n) is 10.8. The van der Waals surface area contributed by atoms with Crippen LogP contribution in [-0.2, 0) is 13.5 Å². The van der Waals surface area contributed by atoms with Crippen LogP contribution < -0.4 is 0 Å². The van der Waals surface area contributed by atoms with Gasteiger partial charge in [-0.1, -0.05) is 31.7 Å². The van der Waals surface area contributed by atoms with Crippen LogP contribution in [0.4, 0.5) is 0 Å². The van der Waals surface area contributed by atoms with E-state index in [1.807, 2.05) is 61.3 Å². The van der Waals surface area contributed by atoms with Gasteiger partial charge in [-0.05, 0) is 37.6 Å². The van der Waals surface area contributed by atoms with Crippen molar-refractivity contribution in [2.75, 3.05) is 0 Å². The van der Waals surface area contributed by atoms with E-state index in [9.17, 15) is 0 Å². The Kier molecular flexibility index (Phi) is 5.18. The summed E-state index contributed by atoms with van der Waals surface area (Å²) in [4.78, 5) is 17.7. The first-order chi connectivity index (χ1) is 16.1. The highest BCUT2D eigenvalue weighted by Gasteiger charge is 2.20. The molecule has 0 atom stereocenters. The minimum atomic E-state index is 0.645. The SMILES string of the molecule is C=C/C=C(/c1ccccn1)c1nc(-c2n[nH]c3ccc(-c4cn(C)nc4CC)nc23)[nH]c1C. The number of rotatable bonds is 6. The number of aryl methyl sites for hydroxylation is 3. The zero-order valence-corrected chi connectivity index (χ0v) is 18.8. The van der Waals surface area contributed by atoms with Crippen molar-refractivity contribution >= 4 is 16.6 Å². The van der Waals surface area contributed by atoms with Crippen LogP contribution in [0.2, 0.25) is 0 Å². The summed E-state index contributed by atoms with van der Waals surface area (Å²) in [6, 6.07) is 9.79. The molecule has 0 aliphatic rings. The lowest BCUT2D eigenvalue weighted by atomic mass is 10.1. The van der Waals surface area contributed by atoms with E-state index in [2.05, 4.69) is 38.8 Å². The Morgan fingerprint density at radius 3 is 2.82 bits per heavy atom. The summed E-state index contributed by atoms with van der Waals surface area (Å²) in [6.45, 7) is 7.94. The molecule has 0 aliphatic carbocycles. The van der Waals surface area contributed by atoms with E-state index in [-0.39, 0.29) is 0 Å². The van der Waals surface area contributed by atoms with Crippen LogP contribution in [-0.4, -0.2) is 39.9 Å². The van der Waals surface area contributed by atoms with Crippen molar-refractivity contribution in [3.63, 3.8) is 0 Å². The van der Waals surface area contributed by atoms with Crippen molar-refractivity contribution in [1.29, 1.82) is 0 Å². The molecule has 5 aromatic heterocycles. The second-order valence-corrected chi connectivity index (χ2v) is 7.77. The molecule has 0 spiro atoms. The minimum Gasteiger partial charge on any atom is -0.340 e. The summed E-state index contributed by atoms with van der Waals surface area (Å²) in [5.74, 6) is 0.645. The topological polar surface area (TPSA) is 101 Å². The zero-order chi connectivity index (χ0) is 22.9. The number of nitrogens with zero attached hydrogens (tertiary/aromatic N) is 6. The maximum Gasteiger partial charge on any atom is 0.161 e. The van der Waals surface area contributed by atoms with E-state index in [0.717, 1.165) is 57.1 Å². The minimum absolute atomic E-state index is 0.645. The van der Waals surface area contributed by atoms with Gasteiger partial charge in [0.15, 0.2) is 11.5 Å². The predicted octanol–water partition coefficient (Wildman–Crippen LogP) is 4.63. The number of hydrogen-bond acceptors (Lipinski definition) is 5. The molecule has 0 saturated heterocycles. The number of hydrogen-bond donors (Lipinski definition) is 2. The summed E-state index contributed by atoms with van der Waals surface area (Å²) in [5, 5.41) is 12.1. The molecule has 8 heteroatoms. The van der Waals surface area contributed by atoms with E-state index in [4.69, 9.17) is 9.97 Å². The highest BCUT2D eigenvalue weighted by Crippen LogP contribution is 2.30. The van der Waals surface area contributed by atoms with Crippen molar-refractivity contribution in [2.45, 2.75) is 20.3 Å². The van der Waals surface area contributed by atoms with E-state index in [1.54, 1.807) is 12.3 Å². The van der Waals surface area contributed by atoms with Gasteiger partial charge < -0.3 is 4.98 Å². The molecule has 8 nitrogen and oxygen atoms in total. The molecule has 5 rings (SSSR count). The summed E-state index contributed by atoms with van der Waals surface area (Å²) in [6.07, 6.45) is 8.27. The second kappa shape index (κ2) is 8.31. The third-order valence-electron chi connectivity index (χ3n) is 5.51. The van der Waals surface area contributed by atoms with Crippen molar-refractivity contribution in [3.05, 3.63) is 84.2 Å². The lowest BCUT2D eigenvalue weighted by Crippen LogP contribution is -1.93. The highest BCUT2D eigenvalue weighted by atomic mass is 15.3. The molecule has 0 radical (unpaired) electrons. The van der Waals surface area contributed by atoms with Crippen molar-refractivity contribution in [1.82, 2.24) is 39.9 Å². The smallest absolute Gasteiger partial charge is 0.161 e. The van der Waals surface area contributed by atoms with E-state index in [1.165, 1.54) is 0 Å².